The Morgan fingerprint density at radius 1 is 1.17 bits per heavy atom. The number of carbonyl (C=O) groups is 3. The number of Topliss-reactive ketones (excluding diaryl/α,β-unsaturated/α-hetero) is 1. The number of aryl methyl sites for hydroxylation is 1. The van der Waals surface area contributed by atoms with E-state index in [1.54, 1.807) is 6.07 Å². The molecule has 1 aliphatic rings. The van der Waals surface area contributed by atoms with Gasteiger partial charge in [0.1, 0.15) is 5.54 Å². The number of hydrogen-bond acceptors (Lipinski definition) is 4. The van der Waals surface area contributed by atoms with E-state index in [1.165, 1.54) is 11.3 Å². The number of ketones is 1. The number of nitrogens with zero attached hydrogens (tertiary/aromatic N) is 1. The number of urea groups is 1. The topological polar surface area (TPSA) is 66.5 Å². The van der Waals surface area contributed by atoms with Crippen LogP contribution in [0.5, 0.6) is 0 Å². The normalized spacial score (nSPS) is 20.3. The fraction of sp³-hybridized carbons (Fsp3) is 0.278. The molecule has 0 aliphatic carbocycles. The lowest BCUT2D eigenvalue weighted by molar-refractivity contribution is -0.131. The molecule has 1 atom stereocenters. The molecule has 1 aromatic heterocycles. The maximum Gasteiger partial charge on any atom is 0.325 e. The molecule has 0 radical (unpaired) electrons. The van der Waals surface area contributed by atoms with E-state index in [1.807, 2.05) is 50.2 Å². The zero-order chi connectivity index (χ0) is 17.3. The predicted octanol–water partition coefficient (Wildman–Crippen LogP) is 3.10. The standard InChI is InChI=1S/C18H18N2O3S/c1-3-18(13-7-5-4-6-8-13)16(22)20(17(23)19-18)11-14(21)15-10-9-12(2)24-15/h4-10H,3,11H2,1-2H3,(H,19,23). The summed E-state index contributed by atoms with van der Waals surface area (Å²) in [6.45, 7) is 3.52. The summed E-state index contributed by atoms with van der Waals surface area (Å²) in [6.07, 6.45) is 0.421. The number of imide groups is 1. The van der Waals surface area contributed by atoms with Crippen molar-refractivity contribution in [3.05, 3.63) is 57.8 Å². The van der Waals surface area contributed by atoms with Crippen molar-refractivity contribution in [1.82, 2.24) is 10.2 Å². The molecule has 0 spiro atoms. The number of thiophene rings is 1. The first kappa shape index (κ1) is 16.4. The van der Waals surface area contributed by atoms with Crippen molar-refractivity contribution >= 4 is 29.1 Å². The first-order valence-electron chi connectivity index (χ1n) is 7.77. The van der Waals surface area contributed by atoms with Crippen LogP contribution in [0.4, 0.5) is 4.79 Å². The van der Waals surface area contributed by atoms with Crippen LogP contribution in [0.1, 0.15) is 33.5 Å². The van der Waals surface area contributed by atoms with E-state index in [4.69, 9.17) is 0 Å². The highest BCUT2D eigenvalue weighted by atomic mass is 32.1. The van der Waals surface area contributed by atoms with E-state index in [-0.39, 0.29) is 18.2 Å². The molecular weight excluding hydrogens is 324 g/mol. The van der Waals surface area contributed by atoms with Gasteiger partial charge < -0.3 is 5.32 Å². The minimum absolute atomic E-state index is 0.225. The number of hydrogen-bond donors (Lipinski definition) is 1. The Labute approximate surface area is 144 Å². The molecule has 0 bridgehead atoms. The molecule has 0 saturated carbocycles. The molecule has 3 rings (SSSR count). The van der Waals surface area contributed by atoms with Crippen LogP contribution in [0.25, 0.3) is 0 Å². The second-order valence-corrected chi connectivity index (χ2v) is 7.07. The third-order valence-electron chi connectivity index (χ3n) is 4.29. The summed E-state index contributed by atoms with van der Waals surface area (Å²) in [5.41, 5.74) is -0.364. The fourth-order valence-electron chi connectivity index (χ4n) is 2.94. The monoisotopic (exact) mass is 342 g/mol. The lowest BCUT2D eigenvalue weighted by Crippen LogP contribution is -2.43. The number of amides is 3. The van der Waals surface area contributed by atoms with Crippen molar-refractivity contribution in [2.75, 3.05) is 6.54 Å². The van der Waals surface area contributed by atoms with Crippen LogP contribution in [0.15, 0.2) is 42.5 Å². The van der Waals surface area contributed by atoms with Gasteiger partial charge in [0.05, 0.1) is 11.4 Å². The average molecular weight is 342 g/mol. The summed E-state index contributed by atoms with van der Waals surface area (Å²) in [7, 11) is 0. The van der Waals surface area contributed by atoms with Crippen LogP contribution < -0.4 is 5.32 Å². The SMILES string of the molecule is CCC1(c2ccccc2)NC(=O)N(CC(=O)c2ccc(C)s2)C1=O. The zero-order valence-electron chi connectivity index (χ0n) is 13.5. The number of rotatable bonds is 5. The zero-order valence-corrected chi connectivity index (χ0v) is 14.4. The lowest BCUT2D eigenvalue weighted by atomic mass is 9.87. The Hall–Kier alpha value is -2.47. The molecule has 1 fully saturated rings. The number of benzene rings is 1. The highest BCUT2D eigenvalue weighted by Gasteiger charge is 2.51. The third-order valence-corrected chi connectivity index (χ3v) is 5.33. The Morgan fingerprint density at radius 3 is 2.46 bits per heavy atom. The van der Waals surface area contributed by atoms with Crippen LogP contribution in [-0.2, 0) is 10.3 Å². The predicted molar refractivity (Wildman–Crippen MR) is 92.0 cm³/mol. The van der Waals surface area contributed by atoms with E-state index in [9.17, 15) is 14.4 Å². The van der Waals surface area contributed by atoms with Gasteiger partial charge in [-0.2, -0.15) is 0 Å². The Balaban J connectivity index is 1.87. The van der Waals surface area contributed by atoms with Crippen molar-refractivity contribution in [2.24, 2.45) is 0 Å². The summed E-state index contributed by atoms with van der Waals surface area (Å²) in [4.78, 5) is 40.3. The third kappa shape index (κ3) is 2.63. The second kappa shape index (κ2) is 6.20. The maximum atomic E-state index is 12.9. The van der Waals surface area contributed by atoms with Crippen molar-refractivity contribution < 1.29 is 14.4 Å². The molecule has 1 N–H and O–H groups in total. The van der Waals surface area contributed by atoms with E-state index in [2.05, 4.69) is 5.32 Å². The van der Waals surface area contributed by atoms with Gasteiger partial charge in [-0.25, -0.2) is 4.79 Å². The molecule has 6 heteroatoms. The molecule has 5 nitrogen and oxygen atoms in total. The van der Waals surface area contributed by atoms with E-state index in [0.717, 1.165) is 15.3 Å². The van der Waals surface area contributed by atoms with Crippen LogP contribution in [0.3, 0.4) is 0 Å². The van der Waals surface area contributed by atoms with Gasteiger partial charge in [-0.15, -0.1) is 11.3 Å². The molecule has 1 saturated heterocycles. The highest BCUT2D eigenvalue weighted by Crippen LogP contribution is 2.32. The van der Waals surface area contributed by atoms with Crippen LogP contribution in [-0.4, -0.2) is 29.2 Å². The average Bonchev–Trinajstić information content (AvgIpc) is 3.13. The van der Waals surface area contributed by atoms with Crippen molar-refractivity contribution in [1.29, 1.82) is 0 Å². The lowest BCUT2D eigenvalue weighted by Gasteiger charge is -2.25. The highest BCUT2D eigenvalue weighted by molar-refractivity contribution is 7.14. The smallest absolute Gasteiger partial charge is 0.319 e. The second-order valence-electron chi connectivity index (χ2n) is 5.78. The van der Waals surface area contributed by atoms with Gasteiger partial charge in [0.2, 0.25) is 0 Å². The maximum absolute atomic E-state index is 12.9. The molecule has 2 heterocycles. The van der Waals surface area contributed by atoms with Crippen molar-refractivity contribution in [2.45, 2.75) is 25.8 Å². The fourth-order valence-corrected chi connectivity index (χ4v) is 3.74. The van der Waals surface area contributed by atoms with E-state index < -0.39 is 11.6 Å². The molecule has 2 aromatic rings. The van der Waals surface area contributed by atoms with Gasteiger partial charge in [-0.3, -0.25) is 14.5 Å². The van der Waals surface area contributed by atoms with E-state index in [0.29, 0.717) is 11.3 Å². The van der Waals surface area contributed by atoms with Crippen molar-refractivity contribution in [3.8, 4) is 0 Å². The van der Waals surface area contributed by atoms with E-state index >= 15 is 0 Å². The van der Waals surface area contributed by atoms with Gasteiger partial charge >= 0.3 is 6.03 Å². The first-order chi connectivity index (χ1) is 11.5. The van der Waals surface area contributed by atoms with Crippen LogP contribution >= 0.6 is 11.3 Å². The van der Waals surface area contributed by atoms with Crippen LogP contribution in [0.2, 0.25) is 0 Å². The molecule has 1 aromatic carbocycles. The Morgan fingerprint density at radius 2 is 1.88 bits per heavy atom. The summed E-state index contributed by atoms with van der Waals surface area (Å²) in [5, 5.41) is 2.78. The first-order valence-corrected chi connectivity index (χ1v) is 8.59. The molecular formula is C18H18N2O3S. The summed E-state index contributed by atoms with van der Waals surface area (Å²) >= 11 is 1.36. The van der Waals surface area contributed by atoms with Gasteiger partial charge in [0.25, 0.3) is 5.91 Å². The largest absolute Gasteiger partial charge is 0.325 e. The summed E-state index contributed by atoms with van der Waals surface area (Å²) in [6, 6.07) is 12.2. The number of nitrogens with one attached hydrogen (secondary N) is 1. The molecule has 24 heavy (non-hydrogen) atoms. The molecule has 1 unspecified atom stereocenters. The Bertz CT molecular complexity index is 800. The molecule has 1 aliphatic heterocycles. The summed E-state index contributed by atoms with van der Waals surface area (Å²) < 4.78 is 0. The quantitative estimate of drug-likeness (QED) is 0.671. The number of carbonyl (C=O) groups excluding carboxylic acids is 3. The van der Waals surface area contributed by atoms with Gasteiger partial charge in [-0.1, -0.05) is 37.3 Å². The Kier molecular flexibility index (Phi) is 4.24. The summed E-state index contributed by atoms with van der Waals surface area (Å²) in [5.74, 6) is -0.598. The molecule has 3 amide bonds. The minimum atomic E-state index is -1.09. The van der Waals surface area contributed by atoms with Crippen molar-refractivity contribution in [3.63, 3.8) is 0 Å². The minimum Gasteiger partial charge on any atom is -0.319 e. The van der Waals surface area contributed by atoms with Gasteiger partial charge in [0, 0.05) is 4.88 Å². The molecule has 124 valence electrons. The van der Waals surface area contributed by atoms with Gasteiger partial charge in [-0.05, 0) is 31.0 Å². The van der Waals surface area contributed by atoms with Gasteiger partial charge in [0.15, 0.2) is 5.78 Å². The van der Waals surface area contributed by atoms with Crippen LogP contribution in [0, 0.1) is 6.92 Å².